The maximum absolute atomic E-state index is 13.7. The van der Waals surface area contributed by atoms with Gasteiger partial charge >= 0.3 is 6.09 Å². The molecule has 5 rings (SSSR count). The Morgan fingerprint density at radius 2 is 1.91 bits per heavy atom. The molecule has 2 unspecified atom stereocenters. The number of nitrogens with zero attached hydrogens (tertiary/aromatic N) is 3. The van der Waals surface area contributed by atoms with Crippen LogP contribution in [-0.2, 0) is 9.53 Å². The lowest BCUT2D eigenvalue weighted by Crippen LogP contribution is -2.49. The van der Waals surface area contributed by atoms with E-state index in [1.807, 2.05) is 53.1 Å². The summed E-state index contributed by atoms with van der Waals surface area (Å²) >= 11 is 1.40. The summed E-state index contributed by atoms with van der Waals surface area (Å²) in [7, 11) is 0. The van der Waals surface area contributed by atoms with E-state index < -0.39 is 0 Å². The zero-order chi connectivity index (χ0) is 23.7. The van der Waals surface area contributed by atoms with Crippen molar-refractivity contribution in [3.63, 3.8) is 0 Å². The standard InChI is InChI=1S/C26H26FN3O3S/c1-17-25(18-5-3-2-4-6-18)33-26(32)30(17)20-10-13-29(14-11-20)24(31)16-34-23-9-12-28-22-8-7-19(27)15-21(22)23/h2-9,12,15,17,20,25H,10-11,13-14,16H2,1H3. The molecule has 0 spiro atoms. The van der Waals surface area contributed by atoms with Crippen LogP contribution in [0.25, 0.3) is 10.9 Å². The van der Waals surface area contributed by atoms with Gasteiger partial charge in [0.1, 0.15) is 11.9 Å². The monoisotopic (exact) mass is 479 g/mol. The Morgan fingerprint density at radius 3 is 2.68 bits per heavy atom. The number of rotatable bonds is 5. The number of carbonyl (C=O) groups excluding carboxylic acids is 2. The highest BCUT2D eigenvalue weighted by atomic mass is 32.2. The first-order valence-electron chi connectivity index (χ1n) is 11.5. The number of aromatic nitrogens is 1. The predicted molar refractivity (Wildman–Crippen MR) is 129 cm³/mol. The number of cyclic esters (lactones) is 1. The van der Waals surface area contributed by atoms with Gasteiger partial charge < -0.3 is 9.64 Å². The van der Waals surface area contributed by atoms with E-state index in [-0.39, 0.29) is 41.8 Å². The maximum atomic E-state index is 13.7. The number of ether oxygens (including phenoxy) is 1. The van der Waals surface area contributed by atoms with Crippen LogP contribution in [0.1, 0.15) is 31.4 Å². The Morgan fingerprint density at radius 1 is 1.15 bits per heavy atom. The number of amides is 2. The van der Waals surface area contributed by atoms with Crippen LogP contribution in [0.3, 0.4) is 0 Å². The molecule has 2 amide bonds. The molecule has 3 aromatic rings. The molecule has 0 saturated carbocycles. The summed E-state index contributed by atoms with van der Waals surface area (Å²) in [5.74, 6) is 0.00220. The summed E-state index contributed by atoms with van der Waals surface area (Å²) in [6.45, 7) is 3.23. The first-order valence-corrected chi connectivity index (χ1v) is 12.5. The lowest BCUT2D eigenvalue weighted by atomic mass is 9.98. The van der Waals surface area contributed by atoms with E-state index in [2.05, 4.69) is 4.98 Å². The Kier molecular flexibility index (Phi) is 6.41. The van der Waals surface area contributed by atoms with Gasteiger partial charge in [0.25, 0.3) is 0 Å². The van der Waals surface area contributed by atoms with Crippen LogP contribution >= 0.6 is 11.8 Å². The topological polar surface area (TPSA) is 62.7 Å². The molecule has 34 heavy (non-hydrogen) atoms. The number of pyridine rings is 1. The third-order valence-electron chi connectivity index (χ3n) is 6.67. The molecular formula is C26H26FN3O3S. The molecule has 6 nitrogen and oxygen atoms in total. The van der Waals surface area contributed by atoms with Crippen LogP contribution < -0.4 is 0 Å². The fourth-order valence-corrected chi connectivity index (χ4v) is 5.83. The average molecular weight is 480 g/mol. The largest absolute Gasteiger partial charge is 0.439 e. The van der Waals surface area contributed by atoms with Crippen molar-refractivity contribution >= 4 is 34.7 Å². The van der Waals surface area contributed by atoms with E-state index in [1.165, 1.54) is 23.9 Å². The van der Waals surface area contributed by atoms with E-state index >= 15 is 0 Å². The Bertz CT molecular complexity index is 1200. The molecule has 2 aliphatic heterocycles. The summed E-state index contributed by atoms with van der Waals surface area (Å²) < 4.78 is 19.4. The number of thioether (sulfide) groups is 1. The smallest absolute Gasteiger partial charge is 0.411 e. The zero-order valence-corrected chi connectivity index (χ0v) is 19.7. The van der Waals surface area contributed by atoms with Gasteiger partial charge in [0, 0.05) is 35.6 Å². The molecule has 3 heterocycles. The molecule has 0 aliphatic carbocycles. The number of likely N-dealkylation sites (tertiary alicyclic amines) is 1. The van der Waals surface area contributed by atoms with Crippen LogP contribution in [-0.4, -0.2) is 57.7 Å². The lowest BCUT2D eigenvalue weighted by molar-refractivity contribution is -0.129. The molecule has 0 N–H and O–H groups in total. The normalized spacial score (nSPS) is 21.2. The number of halogens is 1. The molecule has 2 aliphatic rings. The first-order chi connectivity index (χ1) is 16.5. The third-order valence-corrected chi connectivity index (χ3v) is 7.73. The molecule has 0 bridgehead atoms. The van der Waals surface area contributed by atoms with E-state index in [0.29, 0.717) is 24.0 Å². The van der Waals surface area contributed by atoms with Crippen LogP contribution in [0.4, 0.5) is 9.18 Å². The molecule has 0 radical (unpaired) electrons. The number of fused-ring (bicyclic) bond motifs is 1. The van der Waals surface area contributed by atoms with Gasteiger partial charge in [0.15, 0.2) is 0 Å². The minimum absolute atomic E-state index is 0.0454. The number of hydrogen-bond acceptors (Lipinski definition) is 5. The van der Waals surface area contributed by atoms with Crippen molar-refractivity contribution in [2.45, 2.75) is 42.8 Å². The lowest BCUT2D eigenvalue weighted by Gasteiger charge is -2.37. The quantitative estimate of drug-likeness (QED) is 0.480. The Labute approximate surface area is 202 Å². The van der Waals surface area contributed by atoms with Gasteiger partial charge in [0.2, 0.25) is 5.91 Å². The van der Waals surface area contributed by atoms with E-state index in [1.54, 1.807) is 12.3 Å². The van der Waals surface area contributed by atoms with E-state index in [9.17, 15) is 14.0 Å². The second kappa shape index (κ2) is 9.62. The summed E-state index contributed by atoms with van der Waals surface area (Å²) in [4.78, 5) is 34.4. The number of carbonyl (C=O) groups is 2. The predicted octanol–water partition coefficient (Wildman–Crippen LogP) is 5.04. The highest BCUT2D eigenvalue weighted by Crippen LogP contribution is 2.36. The maximum Gasteiger partial charge on any atom is 0.411 e. The van der Waals surface area contributed by atoms with E-state index in [0.717, 1.165) is 23.3 Å². The van der Waals surface area contributed by atoms with Gasteiger partial charge in [-0.2, -0.15) is 0 Å². The summed E-state index contributed by atoms with van der Waals surface area (Å²) in [6, 6.07) is 16.1. The van der Waals surface area contributed by atoms with Crippen LogP contribution in [0.15, 0.2) is 65.7 Å². The first kappa shape index (κ1) is 22.7. The fraction of sp³-hybridized carbons (Fsp3) is 0.346. The molecule has 2 fully saturated rings. The molecular weight excluding hydrogens is 453 g/mol. The summed E-state index contributed by atoms with van der Waals surface area (Å²) in [6.07, 6.45) is 2.57. The van der Waals surface area contributed by atoms with Gasteiger partial charge in [-0.05, 0) is 49.6 Å². The Balaban J connectivity index is 1.18. The highest BCUT2D eigenvalue weighted by molar-refractivity contribution is 8.00. The van der Waals surface area contributed by atoms with E-state index in [4.69, 9.17) is 4.74 Å². The Hall–Kier alpha value is -3.13. The van der Waals surface area contributed by atoms with Gasteiger partial charge in [-0.15, -0.1) is 11.8 Å². The average Bonchev–Trinajstić information content (AvgIpc) is 3.16. The van der Waals surface area contributed by atoms with Crippen LogP contribution in [0, 0.1) is 5.82 Å². The summed E-state index contributed by atoms with van der Waals surface area (Å²) in [5.41, 5.74) is 1.71. The molecule has 2 aromatic carbocycles. The second-order valence-electron chi connectivity index (χ2n) is 8.73. The van der Waals surface area contributed by atoms with Gasteiger partial charge in [-0.1, -0.05) is 30.3 Å². The van der Waals surface area contributed by atoms with Crippen LogP contribution in [0.5, 0.6) is 0 Å². The fourth-order valence-electron chi connectivity index (χ4n) is 4.89. The minimum atomic E-state index is -0.320. The van der Waals surface area contributed by atoms with Crippen molar-refractivity contribution in [3.8, 4) is 0 Å². The summed E-state index contributed by atoms with van der Waals surface area (Å²) in [5, 5.41) is 0.716. The molecule has 1 aromatic heterocycles. The van der Waals surface area contributed by atoms with Crippen molar-refractivity contribution < 1.29 is 18.7 Å². The van der Waals surface area contributed by atoms with Crippen LogP contribution in [0.2, 0.25) is 0 Å². The van der Waals surface area contributed by atoms with Gasteiger partial charge in [-0.25, -0.2) is 9.18 Å². The number of hydrogen-bond donors (Lipinski definition) is 0. The third kappa shape index (κ3) is 4.46. The molecule has 2 atom stereocenters. The molecule has 176 valence electrons. The highest BCUT2D eigenvalue weighted by Gasteiger charge is 2.44. The number of benzene rings is 2. The van der Waals surface area contributed by atoms with Crippen molar-refractivity contribution in [1.82, 2.24) is 14.8 Å². The van der Waals surface area contributed by atoms with Crippen molar-refractivity contribution in [3.05, 3.63) is 72.2 Å². The van der Waals surface area contributed by atoms with Gasteiger partial charge in [0.05, 0.1) is 17.3 Å². The van der Waals surface area contributed by atoms with Crippen molar-refractivity contribution in [2.24, 2.45) is 0 Å². The SMILES string of the molecule is CC1C(c2ccccc2)OC(=O)N1C1CCN(C(=O)CSc2ccnc3ccc(F)cc23)CC1. The zero-order valence-electron chi connectivity index (χ0n) is 18.9. The number of piperidine rings is 1. The van der Waals surface area contributed by atoms with Crippen molar-refractivity contribution in [2.75, 3.05) is 18.8 Å². The minimum Gasteiger partial charge on any atom is -0.439 e. The molecule has 8 heteroatoms. The van der Waals surface area contributed by atoms with Gasteiger partial charge in [-0.3, -0.25) is 14.7 Å². The second-order valence-corrected chi connectivity index (χ2v) is 9.75. The van der Waals surface area contributed by atoms with Crippen molar-refractivity contribution in [1.29, 1.82) is 0 Å². The molecule has 2 saturated heterocycles.